The number of carbonyl (C=O) groups is 3. The molecule has 5 rings (SSSR count). The largest absolute Gasteiger partial charge is 0.497 e. The van der Waals surface area contributed by atoms with Gasteiger partial charge in [0.2, 0.25) is 22.7 Å². The number of methoxy groups -OCH3 is 1. The maximum Gasteiger partial charge on any atom is 0.419 e. The minimum atomic E-state index is -4.19. The molecule has 0 radical (unpaired) electrons. The third-order valence-corrected chi connectivity index (χ3v) is 13.0. The zero-order chi connectivity index (χ0) is 43.5. The summed E-state index contributed by atoms with van der Waals surface area (Å²) in [7, 11) is -6.82. The predicted molar refractivity (Wildman–Crippen MR) is 216 cm³/mol. The van der Waals surface area contributed by atoms with Crippen LogP contribution in [0.5, 0.6) is 17.2 Å². The smallest absolute Gasteiger partial charge is 0.419 e. The van der Waals surface area contributed by atoms with E-state index in [-0.39, 0.29) is 66.3 Å². The van der Waals surface area contributed by atoms with Crippen LogP contribution in [0.15, 0.2) is 77.7 Å². The lowest BCUT2D eigenvalue weighted by molar-refractivity contribution is -0.161. The molecule has 328 valence electrons. The minimum Gasteiger partial charge on any atom is -0.497 e. The first-order valence-electron chi connectivity index (χ1n) is 19.6. The molecule has 19 heteroatoms. The van der Waals surface area contributed by atoms with Crippen LogP contribution in [0.3, 0.4) is 0 Å². The molecule has 2 heterocycles. The van der Waals surface area contributed by atoms with Crippen molar-refractivity contribution in [3.05, 3.63) is 83.9 Å². The Kier molecular flexibility index (Phi) is 16.5. The average Bonchev–Trinajstić information content (AvgIpc) is 3.85. The quantitative estimate of drug-likeness (QED) is 0.0549. The third kappa shape index (κ3) is 13.0. The number of amides is 1. The van der Waals surface area contributed by atoms with E-state index in [1.165, 1.54) is 66.9 Å². The highest BCUT2D eigenvalue weighted by Gasteiger charge is 2.44. The molecule has 0 aromatic heterocycles. The lowest BCUT2D eigenvalue weighted by atomic mass is 10.0. The number of aldehydes is 1. The van der Waals surface area contributed by atoms with Gasteiger partial charge in [0.1, 0.15) is 29.6 Å². The summed E-state index contributed by atoms with van der Waals surface area (Å²) in [6.45, 7) is 7.03. The first-order valence-corrected chi connectivity index (χ1v) is 22.7. The molecule has 2 aliphatic heterocycles. The number of nitrogens with zero attached hydrogens (tertiary/aromatic N) is 1. The van der Waals surface area contributed by atoms with Crippen molar-refractivity contribution in [2.45, 2.75) is 82.7 Å². The molecule has 60 heavy (non-hydrogen) atoms. The van der Waals surface area contributed by atoms with Crippen LogP contribution < -0.4 is 19.3 Å². The molecule has 2 unspecified atom stereocenters. The van der Waals surface area contributed by atoms with Gasteiger partial charge in [-0.2, -0.15) is 4.31 Å². The molecule has 2 aliphatic rings. The van der Waals surface area contributed by atoms with E-state index in [1.54, 1.807) is 31.2 Å². The van der Waals surface area contributed by atoms with Crippen molar-refractivity contribution in [2.75, 3.05) is 39.8 Å². The van der Waals surface area contributed by atoms with Gasteiger partial charge in [-0.05, 0) is 79.8 Å². The standard InChI is InChI=1S/C41H53N2O15PS/c1-6-39(46)55-28(4)57-59(48,58-33-9-7-8-30(20-33)24-44)26-54-32-12-10-29(11-13-32)21-36(42-41(47)56-38-25-53-40-35(38)18-19-52-40)37(45)23-43(22-27(2)3)60(49,50)34-16-14-31(51-5)15-17-34/h7-17,20,24,27-28,35-38,40,45H,6,18-19,21-23,25-26H2,1-5H3,(H,42,47)/t28-,35?,36-,37+,38-,40+,59?/m0/s1. The van der Waals surface area contributed by atoms with Crippen LogP contribution in [0.25, 0.3) is 0 Å². The van der Waals surface area contributed by atoms with Crippen LogP contribution in [0.1, 0.15) is 56.5 Å². The van der Waals surface area contributed by atoms with E-state index in [0.29, 0.717) is 30.6 Å². The summed E-state index contributed by atoms with van der Waals surface area (Å²) in [4.78, 5) is 36.6. The van der Waals surface area contributed by atoms with Crippen molar-refractivity contribution in [3.8, 4) is 17.2 Å². The normalized spacial score (nSPS) is 20.0. The lowest BCUT2D eigenvalue weighted by Gasteiger charge is -2.31. The monoisotopic (exact) mass is 876 g/mol. The number of sulfonamides is 1. The topological polar surface area (TPSA) is 212 Å². The van der Waals surface area contributed by atoms with Crippen LogP contribution in [-0.2, 0) is 49.3 Å². The van der Waals surface area contributed by atoms with Gasteiger partial charge in [0.25, 0.3) is 0 Å². The van der Waals surface area contributed by atoms with Gasteiger partial charge in [-0.25, -0.2) is 17.8 Å². The Morgan fingerprint density at radius 2 is 1.72 bits per heavy atom. The summed E-state index contributed by atoms with van der Waals surface area (Å²) < 4.78 is 87.3. The third-order valence-electron chi connectivity index (χ3n) is 9.57. The van der Waals surface area contributed by atoms with Crippen LogP contribution in [0.4, 0.5) is 4.79 Å². The van der Waals surface area contributed by atoms with Crippen molar-refractivity contribution >= 4 is 36.0 Å². The summed E-state index contributed by atoms with van der Waals surface area (Å²) in [5, 5.41) is 14.5. The van der Waals surface area contributed by atoms with Gasteiger partial charge < -0.3 is 43.4 Å². The highest BCUT2D eigenvalue weighted by Crippen LogP contribution is 2.50. The van der Waals surface area contributed by atoms with Crippen LogP contribution in [-0.4, -0.2) is 107 Å². The first kappa shape index (κ1) is 46.5. The molecule has 7 atom stereocenters. The highest BCUT2D eigenvalue weighted by atomic mass is 32.2. The number of hydrogen-bond acceptors (Lipinski definition) is 15. The van der Waals surface area contributed by atoms with Crippen molar-refractivity contribution in [1.82, 2.24) is 9.62 Å². The number of rotatable bonds is 22. The predicted octanol–water partition coefficient (Wildman–Crippen LogP) is 5.54. The Morgan fingerprint density at radius 1 is 1.00 bits per heavy atom. The van der Waals surface area contributed by atoms with Crippen molar-refractivity contribution in [2.24, 2.45) is 11.8 Å². The Morgan fingerprint density at radius 3 is 2.38 bits per heavy atom. The van der Waals surface area contributed by atoms with E-state index in [4.69, 9.17) is 37.5 Å². The van der Waals surface area contributed by atoms with Gasteiger partial charge in [0.15, 0.2) is 6.29 Å². The van der Waals surface area contributed by atoms with Gasteiger partial charge in [-0.1, -0.05) is 45.0 Å². The summed E-state index contributed by atoms with van der Waals surface area (Å²) >= 11 is 0. The second-order valence-electron chi connectivity index (χ2n) is 14.7. The van der Waals surface area contributed by atoms with Gasteiger partial charge in [0, 0.05) is 25.1 Å². The fraction of sp³-hybridized carbons (Fsp3) is 0.488. The SMILES string of the molecule is CCC(=O)O[C@H](C)OP(=O)(COc1ccc(C[C@H](NC(=O)O[C@H]2CO[C@H]3OCCC32)[C@H](O)CN(CC(C)C)S(=O)(=O)c2ccc(OC)cc2)cc1)Oc1cccc(C=O)c1. The minimum absolute atomic E-state index is 0.0106. The molecule has 2 N–H and O–H groups in total. The molecule has 0 bridgehead atoms. The number of ether oxygens (including phenoxy) is 6. The fourth-order valence-electron chi connectivity index (χ4n) is 6.59. The molecular weight excluding hydrogens is 823 g/mol. The zero-order valence-electron chi connectivity index (χ0n) is 34.2. The Labute approximate surface area is 350 Å². The molecule has 17 nitrogen and oxygen atoms in total. The maximum atomic E-state index is 14.0. The Balaban J connectivity index is 1.33. The van der Waals surface area contributed by atoms with Gasteiger partial charge in [-0.3, -0.25) is 14.1 Å². The van der Waals surface area contributed by atoms with Crippen LogP contribution >= 0.6 is 7.60 Å². The van der Waals surface area contributed by atoms with E-state index in [0.717, 1.165) is 0 Å². The van der Waals surface area contributed by atoms with Crippen molar-refractivity contribution in [1.29, 1.82) is 0 Å². The number of alkyl carbamates (subject to hydrolysis) is 1. The molecule has 1 amide bonds. The molecule has 2 fully saturated rings. The van der Waals surface area contributed by atoms with Crippen LogP contribution in [0, 0.1) is 11.8 Å². The van der Waals surface area contributed by atoms with E-state index < -0.39 is 66.9 Å². The molecule has 0 spiro atoms. The molecule has 3 aromatic rings. The highest BCUT2D eigenvalue weighted by molar-refractivity contribution is 7.89. The molecule has 0 saturated carbocycles. The Hall–Kier alpha value is -4.55. The number of aliphatic hydroxyl groups is 1. The zero-order valence-corrected chi connectivity index (χ0v) is 35.9. The molecule has 0 aliphatic carbocycles. The molecule has 2 saturated heterocycles. The second-order valence-corrected chi connectivity index (χ2v) is 18.5. The van der Waals surface area contributed by atoms with E-state index in [1.807, 2.05) is 13.8 Å². The summed E-state index contributed by atoms with van der Waals surface area (Å²) in [6, 6.07) is 17.2. The second kappa shape index (κ2) is 21.3. The van der Waals surface area contributed by atoms with E-state index in [2.05, 4.69) is 5.32 Å². The number of aliphatic hydroxyl groups excluding tert-OH is 1. The van der Waals surface area contributed by atoms with Crippen molar-refractivity contribution < 1.29 is 69.9 Å². The van der Waals surface area contributed by atoms with Crippen molar-refractivity contribution in [3.63, 3.8) is 0 Å². The van der Waals surface area contributed by atoms with Gasteiger partial charge >= 0.3 is 19.7 Å². The summed E-state index contributed by atoms with van der Waals surface area (Å²) in [5.41, 5.74) is 0.873. The van der Waals surface area contributed by atoms with E-state index >= 15 is 0 Å². The molecule has 3 aromatic carbocycles. The van der Waals surface area contributed by atoms with Gasteiger partial charge in [0.05, 0.1) is 43.3 Å². The number of nitrogens with one attached hydrogen (secondary N) is 1. The first-order chi connectivity index (χ1) is 28.6. The maximum absolute atomic E-state index is 14.0. The van der Waals surface area contributed by atoms with Gasteiger partial charge in [-0.15, -0.1) is 0 Å². The van der Waals surface area contributed by atoms with E-state index in [9.17, 15) is 32.5 Å². The number of esters is 1. The van der Waals surface area contributed by atoms with Crippen LogP contribution in [0.2, 0.25) is 0 Å². The lowest BCUT2D eigenvalue weighted by Crippen LogP contribution is -2.51. The number of carbonyl (C=O) groups excluding carboxylic acids is 3. The Bertz CT molecular complexity index is 2050. The number of fused-ring (bicyclic) bond motifs is 1. The number of hydrogen-bond donors (Lipinski definition) is 2. The summed E-state index contributed by atoms with van der Waals surface area (Å²) in [5.74, 6) is -0.0555. The fourth-order valence-corrected chi connectivity index (χ4v) is 9.61. The number of benzene rings is 3. The summed E-state index contributed by atoms with van der Waals surface area (Å²) in [6.07, 6.45) is -3.80. The molecular formula is C41H53N2O15PS. The average molecular weight is 877 g/mol.